The summed E-state index contributed by atoms with van der Waals surface area (Å²) in [5.74, 6) is 1.99. The molecule has 6 heteroatoms. The van der Waals surface area contributed by atoms with Crippen LogP contribution in [0.1, 0.15) is 11.6 Å². The van der Waals surface area contributed by atoms with Crippen molar-refractivity contribution in [1.82, 2.24) is 29.6 Å². The lowest BCUT2D eigenvalue weighted by Gasteiger charge is -2.03. The highest BCUT2D eigenvalue weighted by atomic mass is 15.3. The summed E-state index contributed by atoms with van der Waals surface area (Å²) in [6.45, 7) is 1.83. The Labute approximate surface area is 101 Å². The van der Waals surface area contributed by atoms with Crippen molar-refractivity contribution in [1.29, 1.82) is 0 Å². The second-order valence-electron chi connectivity index (χ2n) is 4.04. The molecule has 0 atom stereocenters. The van der Waals surface area contributed by atoms with Crippen molar-refractivity contribution in [2.75, 3.05) is 13.1 Å². The summed E-state index contributed by atoms with van der Waals surface area (Å²) in [5, 5.41) is 7.59. The number of nitrogens with zero attached hydrogens (tertiary/aromatic N) is 5. The third-order valence-electron chi connectivity index (χ3n) is 2.62. The highest BCUT2D eigenvalue weighted by Crippen LogP contribution is 1.94. The van der Waals surface area contributed by atoms with Crippen molar-refractivity contribution in [2.45, 2.75) is 12.8 Å². The van der Waals surface area contributed by atoms with Crippen LogP contribution in [-0.4, -0.2) is 37.4 Å². The number of nitrogens with one attached hydrogen (secondary N) is 1. The first-order valence-corrected chi connectivity index (χ1v) is 5.77. The zero-order valence-corrected chi connectivity index (χ0v) is 10.3. The van der Waals surface area contributed by atoms with Gasteiger partial charge in [-0.3, -0.25) is 4.68 Å². The molecule has 2 aromatic rings. The first-order valence-electron chi connectivity index (χ1n) is 5.77. The van der Waals surface area contributed by atoms with E-state index in [0.29, 0.717) is 0 Å². The van der Waals surface area contributed by atoms with Crippen molar-refractivity contribution < 1.29 is 0 Å². The Morgan fingerprint density at radius 2 is 2.00 bits per heavy atom. The number of hydrogen-bond donors (Lipinski definition) is 1. The van der Waals surface area contributed by atoms with E-state index in [9.17, 15) is 0 Å². The van der Waals surface area contributed by atoms with Crippen molar-refractivity contribution in [3.05, 3.63) is 30.4 Å². The molecule has 2 rings (SSSR count). The molecule has 0 bridgehead atoms. The van der Waals surface area contributed by atoms with Crippen molar-refractivity contribution >= 4 is 0 Å². The topological polar surface area (TPSA) is 60.6 Å². The third-order valence-corrected chi connectivity index (χ3v) is 2.62. The van der Waals surface area contributed by atoms with E-state index in [1.807, 2.05) is 31.1 Å². The normalized spacial score (nSPS) is 10.9. The smallest absolute Gasteiger partial charge is 0.151 e. The third kappa shape index (κ3) is 3.39. The zero-order chi connectivity index (χ0) is 12.1. The van der Waals surface area contributed by atoms with Gasteiger partial charge in [0.25, 0.3) is 0 Å². The van der Waals surface area contributed by atoms with Crippen molar-refractivity contribution in [2.24, 2.45) is 14.1 Å². The first kappa shape index (κ1) is 11.8. The lowest BCUT2D eigenvalue weighted by molar-refractivity contribution is 0.638. The standard InChI is InChI=1S/C11H18N6/c1-16-8-7-13-11(16)4-6-12-5-3-10-14-9-17(2)15-10/h7-9,12H,3-6H2,1-2H3. The molecule has 2 aromatic heterocycles. The minimum atomic E-state index is 0.863. The predicted octanol–water partition coefficient (Wildman–Crippen LogP) is -0.0766. The molecule has 0 aliphatic heterocycles. The summed E-state index contributed by atoms with van der Waals surface area (Å²) < 4.78 is 3.77. The van der Waals surface area contributed by atoms with E-state index in [-0.39, 0.29) is 0 Å². The molecular formula is C11H18N6. The van der Waals surface area contributed by atoms with Crippen LogP contribution in [0.4, 0.5) is 0 Å². The summed E-state index contributed by atoms with van der Waals surface area (Å²) in [4.78, 5) is 8.44. The Bertz CT molecular complexity index is 458. The van der Waals surface area contributed by atoms with E-state index >= 15 is 0 Å². The monoisotopic (exact) mass is 234 g/mol. The van der Waals surface area contributed by atoms with E-state index in [0.717, 1.165) is 37.6 Å². The molecule has 2 heterocycles. The van der Waals surface area contributed by atoms with Crippen LogP contribution >= 0.6 is 0 Å². The number of hydrogen-bond acceptors (Lipinski definition) is 4. The molecule has 17 heavy (non-hydrogen) atoms. The lowest BCUT2D eigenvalue weighted by atomic mass is 10.3. The van der Waals surface area contributed by atoms with Gasteiger partial charge in [-0.15, -0.1) is 0 Å². The molecule has 0 fully saturated rings. The van der Waals surface area contributed by atoms with Gasteiger partial charge < -0.3 is 9.88 Å². The summed E-state index contributed by atoms with van der Waals surface area (Å²) in [6.07, 6.45) is 7.32. The Morgan fingerprint density at radius 1 is 1.18 bits per heavy atom. The van der Waals surface area contributed by atoms with E-state index in [1.54, 1.807) is 11.0 Å². The van der Waals surface area contributed by atoms with Crippen molar-refractivity contribution in [3.63, 3.8) is 0 Å². The number of imidazole rings is 1. The highest BCUT2D eigenvalue weighted by Gasteiger charge is 2.00. The van der Waals surface area contributed by atoms with E-state index in [2.05, 4.69) is 20.4 Å². The van der Waals surface area contributed by atoms with Crippen LogP contribution in [-0.2, 0) is 26.9 Å². The molecule has 0 saturated heterocycles. The summed E-state index contributed by atoms with van der Waals surface area (Å²) in [5.41, 5.74) is 0. The van der Waals surface area contributed by atoms with Gasteiger partial charge in [-0.1, -0.05) is 0 Å². The van der Waals surface area contributed by atoms with Gasteiger partial charge >= 0.3 is 0 Å². The second kappa shape index (κ2) is 5.58. The largest absolute Gasteiger partial charge is 0.338 e. The van der Waals surface area contributed by atoms with Crippen LogP contribution in [0.25, 0.3) is 0 Å². The highest BCUT2D eigenvalue weighted by molar-refractivity contribution is 4.91. The molecule has 92 valence electrons. The number of aromatic nitrogens is 5. The quantitative estimate of drug-likeness (QED) is 0.710. The first-order chi connectivity index (χ1) is 8.25. The molecule has 6 nitrogen and oxygen atoms in total. The average Bonchev–Trinajstić information content (AvgIpc) is 2.88. The maximum absolute atomic E-state index is 4.27. The maximum Gasteiger partial charge on any atom is 0.151 e. The molecule has 0 amide bonds. The SMILES string of the molecule is Cn1cnc(CCNCCc2nccn2C)n1. The van der Waals surface area contributed by atoms with Crippen LogP contribution in [0.2, 0.25) is 0 Å². The van der Waals surface area contributed by atoms with Crippen LogP contribution in [0.15, 0.2) is 18.7 Å². The van der Waals surface area contributed by atoms with Gasteiger partial charge in [0, 0.05) is 52.4 Å². The second-order valence-corrected chi connectivity index (χ2v) is 4.04. The average molecular weight is 234 g/mol. The lowest BCUT2D eigenvalue weighted by Crippen LogP contribution is -2.21. The molecule has 0 aliphatic rings. The fourth-order valence-electron chi connectivity index (χ4n) is 1.66. The summed E-state index contributed by atoms with van der Waals surface area (Å²) >= 11 is 0. The van der Waals surface area contributed by atoms with Gasteiger partial charge in [0.05, 0.1) is 0 Å². The van der Waals surface area contributed by atoms with Gasteiger partial charge in [-0.25, -0.2) is 9.97 Å². The summed E-state index contributed by atoms with van der Waals surface area (Å²) in [7, 11) is 3.89. The van der Waals surface area contributed by atoms with Gasteiger partial charge in [-0.05, 0) is 0 Å². The zero-order valence-electron chi connectivity index (χ0n) is 10.3. The minimum absolute atomic E-state index is 0.863. The predicted molar refractivity (Wildman–Crippen MR) is 64.5 cm³/mol. The molecule has 0 aliphatic carbocycles. The molecular weight excluding hydrogens is 216 g/mol. The van der Waals surface area contributed by atoms with E-state index in [4.69, 9.17) is 0 Å². The van der Waals surface area contributed by atoms with Crippen molar-refractivity contribution in [3.8, 4) is 0 Å². The number of rotatable bonds is 6. The van der Waals surface area contributed by atoms with E-state index in [1.165, 1.54) is 0 Å². The van der Waals surface area contributed by atoms with E-state index < -0.39 is 0 Å². The molecule has 0 radical (unpaired) electrons. The molecule has 0 aromatic carbocycles. The Balaban J connectivity index is 1.62. The minimum Gasteiger partial charge on any atom is -0.338 e. The molecule has 0 spiro atoms. The number of aryl methyl sites for hydroxylation is 2. The molecule has 1 N–H and O–H groups in total. The fraction of sp³-hybridized carbons (Fsp3) is 0.545. The molecule has 0 saturated carbocycles. The molecule has 0 unspecified atom stereocenters. The van der Waals surface area contributed by atoms with Crippen LogP contribution < -0.4 is 5.32 Å². The van der Waals surface area contributed by atoms with Crippen LogP contribution in [0.5, 0.6) is 0 Å². The van der Waals surface area contributed by atoms with Gasteiger partial charge in [0.15, 0.2) is 5.82 Å². The Morgan fingerprint density at radius 3 is 2.65 bits per heavy atom. The van der Waals surface area contributed by atoms with Gasteiger partial charge in [-0.2, -0.15) is 5.10 Å². The van der Waals surface area contributed by atoms with Gasteiger partial charge in [0.1, 0.15) is 12.2 Å². The van der Waals surface area contributed by atoms with Crippen LogP contribution in [0.3, 0.4) is 0 Å². The van der Waals surface area contributed by atoms with Gasteiger partial charge in [0.2, 0.25) is 0 Å². The Hall–Kier alpha value is -1.69. The summed E-state index contributed by atoms with van der Waals surface area (Å²) in [6, 6.07) is 0. The van der Waals surface area contributed by atoms with Crippen LogP contribution in [0, 0.1) is 0 Å². The maximum atomic E-state index is 4.27. The fourth-order valence-corrected chi connectivity index (χ4v) is 1.66. The Kier molecular flexibility index (Phi) is 3.87.